The van der Waals surface area contributed by atoms with E-state index in [-0.39, 0.29) is 5.41 Å². The molecule has 2 heterocycles. The molecule has 0 aliphatic heterocycles. The molecule has 4 nitrogen and oxygen atoms in total. The van der Waals surface area contributed by atoms with Gasteiger partial charge >= 0.3 is 0 Å². The lowest BCUT2D eigenvalue weighted by molar-refractivity contribution is 0.374. The molecule has 2 rings (SSSR count). The van der Waals surface area contributed by atoms with Gasteiger partial charge in [0.1, 0.15) is 5.69 Å². The monoisotopic (exact) mass is 217 g/mol. The van der Waals surface area contributed by atoms with E-state index >= 15 is 0 Å². The molecule has 0 aliphatic carbocycles. The summed E-state index contributed by atoms with van der Waals surface area (Å²) < 4.78 is 5.17. The average Bonchev–Trinajstić information content (AvgIpc) is 2.65. The first kappa shape index (κ1) is 10.8. The summed E-state index contributed by atoms with van der Waals surface area (Å²) in [6.45, 7) is 6.43. The van der Waals surface area contributed by atoms with Crippen LogP contribution in [-0.2, 0) is 6.42 Å². The maximum atomic E-state index is 5.17. The molecule has 0 saturated heterocycles. The predicted molar refractivity (Wildman–Crippen MR) is 60.7 cm³/mol. The fraction of sp³-hybridized carbons (Fsp3) is 0.417. The van der Waals surface area contributed by atoms with Crippen LogP contribution >= 0.6 is 0 Å². The van der Waals surface area contributed by atoms with Crippen molar-refractivity contribution in [1.82, 2.24) is 15.1 Å². The van der Waals surface area contributed by atoms with Crippen molar-refractivity contribution in [2.24, 2.45) is 5.41 Å². The zero-order valence-corrected chi connectivity index (χ0v) is 9.77. The van der Waals surface area contributed by atoms with Crippen LogP contribution in [0.2, 0.25) is 0 Å². The van der Waals surface area contributed by atoms with Gasteiger partial charge in [-0.25, -0.2) is 0 Å². The Morgan fingerprint density at radius 3 is 2.69 bits per heavy atom. The van der Waals surface area contributed by atoms with Crippen LogP contribution in [0.4, 0.5) is 0 Å². The van der Waals surface area contributed by atoms with Gasteiger partial charge in [0.05, 0.1) is 0 Å². The Morgan fingerprint density at radius 1 is 1.25 bits per heavy atom. The molecule has 0 fully saturated rings. The summed E-state index contributed by atoms with van der Waals surface area (Å²) in [5.74, 6) is 1.22. The van der Waals surface area contributed by atoms with Gasteiger partial charge in [-0.15, -0.1) is 0 Å². The van der Waals surface area contributed by atoms with Crippen molar-refractivity contribution in [2.45, 2.75) is 27.2 Å². The van der Waals surface area contributed by atoms with Crippen LogP contribution < -0.4 is 0 Å². The smallest absolute Gasteiger partial charge is 0.276 e. The summed E-state index contributed by atoms with van der Waals surface area (Å²) in [5, 5.41) is 3.95. The van der Waals surface area contributed by atoms with E-state index < -0.39 is 0 Å². The molecule has 0 saturated carbocycles. The van der Waals surface area contributed by atoms with Crippen LogP contribution in [0.3, 0.4) is 0 Å². The number of pyridine rings is 1. The zero-order valence-electron chi connectivity index (χ0n) is 9.77. The lowest BCUT2D eigenvalue weighted by Gasteiger charge is -2.14. The molecule has 0 amide bonds. The lowest BCUT2D eigenvalue weighted by atomic mass is 9.92. The molecule has 0 N–H and O–H groups in total. The third-order valence-corrected chi connectivity index (χ3v) is 2.04. The van der Waals surface area contributed by atoms with Gasteiger partial charge in [0, 0.05) is 12.6 Å². The highest BCUT2D eigenvalue weighted by Gasteiger charge is 2.16. The summed E-state index contributed by atoms with van der Waals surface area (Å²) in [6, 6.07) is 5.61. The number of hydrogen-bond donors (Lipinski definition) is 0. The Kier molecular flexibility index (Phi) is 2.73. The highest BCUT2D eigenvalue weighted by Crippen LogP contribution is 2.20. The predicted octanol–water partition coefficient (Wildman–Crippen LogP) is 2.72. The van der Waals surface area contributed by atoms with Gasteiger partial charge < -0.3 is 4.52 Å². The maximum Gasteiger partial charge on any atom is 0.276 e. The fourth-order valence-corrected chi connectivity index (χ4v) is 1.39. The first-order chi connectivity index (χ1) is 7.54. The highest BCUT2D eigenvalue weighted by atomic mass is 16.5. The van der Waals surface area contributed by atoms with Gasteiger partial charge in [-0.2, -0.15) is 4.98 Å². The molecule has 0 spiro atoms. The SMILES string of the molecule is CC(C)(C)Cc1noc(-c2ccccn2)n1. The molecule has 0 bridgehead atoms. The first-order valence-corrected chi connectivity index (χ1v) is 5.29. The van der Waals surface area contributed by atoms with Gasteiger partial charge in [-0.3, -0.25) is 4.98 Å². The molecular formula is C12H15N3O. The van der Waals surface area contributed by atoms with E-state index in [0.717, 1.165) is 17.9 Å². The van der Waals surface area contributed by atoms with Crippen molar-refractivity contribution < 1.29 is 4.52 Å². The van der Waals surface area contributed by atoms with Crippen molar-refractivity contribution in [1.29, 1.82) is 0 Å². The number of aromatic nitrogens is 3. The van der Waals surface area contributed by atoms with Crippen LogP contribution in [0.1, 0.15) is 26.6 Å². The second kappa shape index (κ2) is 4.04. The highest BCUT2D eigenvalue weighted by molar-refractivity contribution is 5.45. The van der Waals surface area contributed by atoms with Gasteiger partial charge in [0.25, 0.3) is 5.89 Å². The summed E-state index contributed by atoms with van der Waals surface area (Å²) in [6.07, 6.45) is 2.51. The normalized spacial score (nSPS) is 11.7. The molecule has 16 heavy (non-hydrogen) atoms. The summed E-state index contributed by atoms with van der Waals surface area (Å²) >= 11 is 0. The number of hydrogen-bond acceptors (Lipinski definition) is 4. The Bertz CT molecular complexity index is 457. The summed E-state index contributed by atoms with van der Waals surface area (Å²) in [4.78, 5) is 8.49. The maximum absolute atomic E-state index is 5.17. The van der Waals surface area contributed by atoms with Gasteiger partial charge in [-0.1, -0.05) is 32.0 Å². The quantitative estimate of drug-likeness (QED) is 0.776. The van der Waals surface area contributed by atoms with E-state index in [1.807, 2.05) is 18.2 Å². The molecule has 0 radical (unpaired) electrons. The first-order valence-electron chi connectivity index (χ1n) is 5.29. The van der Waals surface area contributed by atoms with Crippen LogP contribution in [0, 0.1) is 5.41 Å². The molecule has 2 aromatic heterocycles. The van der Waals surface area contributed by atoms with Gasteiger partial charge in [0.15, 0.2) is 5.82 Å². The second-order valence-electron chi connectivity index (χ2n) is 4.97. The van der Waals surface area contributed by atoms with Gasteiger partial charge in [-0.05, 0) is 17.5 Å². The Morgan fingerprint density at radius 2 is 2.06 bits per heavy atom. The van der Waals surface area contributed by atoms with Crippen LogP contribution in [0.25, 0.3) is 11.6 Å². The van der Waals surface area contributed by atoms with Crippen LogP contribution in [0.15, 0.2) is 28.9 Å². The largest absolute Gasteiger partial charge is 0.332 e. The Labute approximate surface area is 94.7 Å². The van der Waals surface area contributed by atoms with E-state index in [4.69, 9.17) is 4.52 Å². The molecular weight excluding hydrogens is 202 g/mol. The Hall–Kier alpha value is -1.71. The lowest BCUT2D eigenvalue weighted by Crippen LogP contribution is -2.10. The number of nitrogens with zero attached hydrogens (tertiary/aromatic N) is 3. The minimum Gasteiger partial charge on any atom is -0.332 e. The van der Waals surface area contributed by atoms with Crippen molar-refractivity contribution in [3.8, 4) is 11.6 Å². The van der Waals surface area contributed by atoms with Crippen molar-refractivity contribution in [2.75, 3.05) is 0 Å². The van der Waals surface area contributed by atoms with E-state index in [0.29, 0.717) is 5.89 Å². The average molecular weight is 217 g/mol. The number of rotatable bonds is 2. The standard InChI is InChI=1S/C12H15N3O/c1-12(2,3)8-10-14-11(16-15-10)9-6-4-5-7-13-9/h4-7H,8H2,1-3H3. The topological polar surface area (TPSA) is 51.8 Å². The zero-order chi connectivity index (χ0) is 11.6. The summed E-state index contributed by atoms with van der Waals surface area (Å²) in [5.41, 5.74) is 0.876. The van der Waals surface area contributed by atoms with Crippen molar-refractivity contribution >= 4 is 0 Å². The minimum atomic E-state index is 0.158. The van der Waals surface area contributed by atoms with Crippen LogP contribution in [-0.4, -0.2) is 15.1 Å². The van der Waals surface area contributed by atoms with E-state index in [1.54, 1.807) is 6.20 Å². The van der Waals surface area contributed by atoms with E-state index in [9.17, 15) is 0 Å². The molecule has 0 aromatic carbocycles. The molecule has 0 aliphatic rings. The van der Waals surface area contributed by atoms with Gasteiger partial charge in [0.2, 0.25) is 0 Å². The third-order valence-electron chi connectivity index (χ3n) is 2.04. The molecule has 0 unspecified atom stereocenters. The molecule has 0 atom stereocenters. The fourth-order valence-electron chi connectivity index (χ4n) is 1.39. The Balaban J connectivity index is 2.21. The van der Waals surface area contributed by atoms with E-state index in [2.05, 4.69) is 35.9 Å². The summed E-state index contributed by atoms with van der Waals surface area (Å²) in [7, 11) is 0. The molecule has 4 heteroatoms. The minimum absolute atomic E-state index is 0.158. The second-order valence-corrected chi connectivity index (χ2v) is 4.97. The van der Waals surface area contributed by atoms with Crippen molar-refractivity contribution in [3.05, 3.63) is 30.2 Å². The molecule has 2 aromatic rings. The van der Waals surface area contributed by atoms with E-state index in [1.165, 1.54) is 0 Å². The van der Waals surface area contributed by atoms with Crippen LogP contribution in [0.5, 0.6) is 0 Å². The molecule has 84 valence electrons. The van der Waals surface area contributed by atoms with Crippen molar-refractivity contribution in [3.63, 3.8) is 0 Å². The third kappa shape index (κ3) is 2.66.